The predicted octanol–water partition coefficient (Wildman–Crippen LogP) is 4.53. The zero-order valence-corrected chi connectivity index (χ0v) is 14.6. The molecule has 4 nitrogen and oxygen atoms in total. The van der Waals surface area contributed by atoms with Crippen LogP contribution in [0.4, 0.5) is 0 Å². The number of hydrogen-bond acceptors (Lipinski definition) is 3. The topological polar surface area (TPSA) is 36.3 Å². The Morgan fingerprint density at radius 1 is 1.32 bits per heavy atom. The van der Waals surface area contributed by atoms with Gasteiger partial charge in [0, 0.05) is 17.3 Å². The lowest BCUT2D eigenvalue weighted by atomic mass is 9.94. The van der Waals surface area contributed by atoms with Gasteiger partial charge in [0.1, 0.15) is 11.6 Å². The van der Waals surface area contributed by atoms with Gasteiger partial charge in [-0.1, -0.05) is 34.0 Å². The molecular formula is C16H18BrClN2O2. The molecule has 6 heteroatoms. The van der Waals surface area contributed by atoms with Gasteiger partial charge in [-0.25, -0.2) is 4.98 Å². The fraction of sp³-hybridized carbons (Fsp3) is 0.562. The van der Waals surface area contributed by atoms with Gasteiger partial charge in [0.2, 0.25) is 0 Å². The summed E-state index contributed by atoms with van der Waals surface area (Å²) in [6, 6.07) is 3.91. The van der Waals surface area contributed by atoms with E-state index in [0.29, 0.717) is 11.6 Å². The highest BCUT2D eigenvalue weighted by atomic mass is 79.9. The summed E-state index contributed by atoms with van der Waals surface area (Å²) in [6.45, 7) is 1.40. The molecule has 2 heterocycles. The SMILES string of the molecule is Clc1cc(Br)cc2c1ncn2C[C@H]1COC2(CCCCC2)O1. The normalized spacial score (nSPS) is 24.4. The number of imidazole rings is 1. The Kier molecular flexibility index (Phi) is 3.93. The summed E-state index contributed by atoms with van der Waals surface area (Å²) >= 11 is 9.74. The first kappa shape index (κ1) is 14.9. The molecule has 1 atom stereocenters. The highest BCUT2D eigenvalue weighted by Gasteiger charge is 2.42. The fourth-order valence-corrected chi connectivity index (χ4v) is 4.35. The van der Waals surface area contributed by atoms with Gasteiger partial charge in [0.15, 0.2) is 5.79 Å². The van der Waals surface area contributed by atoms with E-state index in [9.17, 15) is 0 Å². The Balaban J connectivity index is 1.55. The molecule has 1 aliphatic carbocycles. The summed E-state index contributed by atoms with van der Waals surface area (Å²) in [5.74, 6) is -0.322. The number of nitrogens with zero attached hydrogens (tertiary/aromatic N) is 2. The van der Waals surface area contributed by atoms with Crippen LogP contribution in [0, 0.1) is 0 Å². The summed E-state index contributed by atoms with van der Waals surface area (Å²) in [7, 11) is 0. The quantitative estimate of drug-likeness (QED) is 0.762. The molecule has 2 fully saturated rings. The minimum absolute atomic E-state index is 0.0771. The molecule has 118 valence electrons. The molecule has 1 spiro atoms. The number of ether oxygens (including phenoxy) is 2. The second-order valence-corrected chi connectivity index (χ2v) is 7.50. The second-order valence-electron chi connectivity index (χ2n) is 6.17. The molecule has 2 aliphatic rings. The van der Waals surface area contributed by atoms with Crippen molar-refractivity contribution >= 4 is 38.6 Å². The molecule has 0 radical (unpaired) electrons. The number of halogens is 2. The summed E-state index contributed by atoms with van der Waals surface area (Å²) < 4.78 is 15.3. The van der Waals surface area contributed by atoms with E-state index >= 15 is 0 Å². The second kappa shape index (κ2) is 5.78. The monoisotopic (exact) mass is 384 g/mol. The van der Waals surface area contributed by atoms with Gasteiger partial charge >= 0.3 is 0 Å². The molecule has 0 N–H and O–H groups in total. The van der Waals surface area contributed by atoms with Crippen LogP contribution < -0.4 is 0 Å². The molecule has 4 rings (SSSR count). The maximum absolute atomic E-state index is 6.26. The van der Waals surface area contributed by atoms with Crippen LogP contribution in [0.1, 0.15) is 32.1 Å². The molecule has 0 amide bonds. The Morgan fingerprint density at radius 3 is 2.95 bits per heavy atom. The summed E-state index contributed by atoms with van der Waals surface area (Å²) in [6.07, 6.45) is 7.63. The fourth-order valence-electron chi connectivity index (χ4n) is 3.51. The van der Waals surface area contributed by atoms with Crippen molar-refractivity contribution in [1.29, 1.82) is 0 Å². The standard InChI is InChI=1S/C16H18BrClN2O2/c17-11-6-13(18)15-14(7-11)20(10-19-15)8-12-9-21-16(22-12)4-2-1-3-5-16/h6-7,10,12H,1-5,8-9H2/t12-/m0/s1. The molecule has 22 heavy (non-hydrogen) atoms. The lowest BCUT2D eigenvalue weighted by molar-refractivity contribution is -0.187. The highest BCUT2D eigenvalue weighted by molar-refractivity contribution is 9.10. The molecule has 2 aromatic rings. The van der Waals surface area contributed by atoms with E-state index in [1.165, 1.54) is 19.3 Å². The third kappa shape index (κ3) is 2.68. The Hall–Kier alpha value is -0.620. The van der Waals surface area contributed by atoms with Crippen molar-refractivity contribution in [2.45, 2.75) is 50.5 Å². The van der Waals surface area contributed by atoms with E-state index < -0.39 is 0 Å². The molecule has 1 aromatic carbocycles. The Morgan fingerprint density at radius 2 is 2.14 bits per heavy atom. The van der Waals surface area contributed by atoms with Crippen LogP contribution >= 0.6 is 27.5 Å². The largest absolute Gasteiger partial charge is 0.347 e. The first-order valence-electron chi connectivity index (χ1n) is 7.77. The van der Waals surface area contributed by atoms with Gasteiger partial charge in [-0.15, -0.1) is 0 Å². The van der Waals surface area contributed by atoms with E-state index in [1.54, 1.807) is 0 Å². The molecule has 1 saturated heterocycles. The van der Waals surface area contributed by atoms with Crippen molar-refractivity contribution in [3.05, 3.63) is 28.0 Å². The van der Waals surface area contributed by atoms with Crippen LogP contribution in [-0.2, 0) is 16.0 Å². The van der Waals surface area contributed by atoms with Crippen LogP contribution in [-0.4, -0.2) is 28.0 Å². The van der Waals surface area contributed by atoms with Crippen molar-refractivity contribution in [3.63, 3.8) is 0 Å². The van der Waals surface area contributed by atoms with Gasteiger partial charge in [0.05, 0.1) is 30.0 Å². The van der Waals surface area contributed by atoms with E-state index in [-0.39, 0.29) is 11.9 Å². The average molecular weight is 386 g/mol. The van der Waals surface area contributed by atoms with Gasteiger partial charge < -0.3 is 14.0 Å². The molecule has 0 unspecified atom stereocenters. The van der Waals surface area contributed by atoms with E-state index in [2.05, 4.69) is 25.5 Å². The number of aromatic nitrogens is 2. The first-order chi connectivity index (χ1) is 10.7. The molecule has 1 aliphatic heterocycles. The van der Waals surface area contributed by atoms with Crippen molar-refractivity contribution < 1.29 is 9.47 Å². The van der Waals surface area contributed by atoms with Gasteiger partial charge in [-0.2, -0.15) is 0 Å². The van der Waals surface area contributed by atoms with Gasteiger partial charge in [-0.05, 0) is 25.0 Å². The summed E-state index contributed by atoms with van der Waals surface area (Å²) in [4.78, 5) is 4.42. The predicted molar refractivity (Wildman–Crippen MR) is 89.1 cm³/mol. The Bertz CT molecular complexity index is 697. The average Bonchev–Trinajstić information content (AvgIpc) is 3.06. The zero-order valence-electron chi connectivity index (χ0n) is 12.2. The van der Waals surface area contributed by atoms with E-state index in [4.69, 9.17) is 21.1 Å². The van der Waals surface area contributed by atoms with E-state index in [0.717, 1.165) is 34.9 Å². The number of rotatable bonds is 2. The van der Waals surface area contributed by atoms with Gasteiger partial charge in [-0.3, -0.25) is 0 Å². The van der Waals surface area contributed by atoms with Crippen molar-refractivity contribution in [3.8, 4) is 0 Å². The molecule has 1 saturated carbocycles. The van der Waals surface area contributed by atoms with Crippen molar-refractivity contribution in [2.24, 2.45) is 0 Å². The maximum atomic E-state index is 6.26. The minimum Gasteiger partial charge on any atom is -0.347 e. The highest BCUT2D eigenvalue weighted by Crippen LogP contribution is 2.38. The van der Waals surface area contributed by atoms with Crippen LogP contribution in [0.5, 0.6) is 0 Å². The Labute approximate surface area is 142 Å². The lowest BCUT2D eigenvalue weighted by Gasteiger charge is -2.31. The van der Waals surface area contributed by atoms with Gasteiger partial charge in [0.25, 0.3) is 0 Å². The lowest BCUT2D eigenvalue weighted by Crippen LogP contribution is -2.33. The molecular weight excluding hydrogens is 368 g/mol. The van der Waals surface area contributed by atoms with Crippen LogP contribution in [0.2, 0.25) is 5.02 Å². The smallest absolute Gasteiger partial charge is 0.168 e. The first-order valence-corrected chi connectivity index (χ1v) is 8.94. The maximum Gasteiger partial charge on any atom is 0.168 e. The number of hydrogen-bond donors (Lipinski definition) is 0. The van der Waals surface area contributed by atoms with Crippen molar-refractivity contribution in [1.82, 2.24) is 9.55 Å². The molecule has 1 aromatic heterocycles. The zero-order chi connectivity index (χ0) is 15.2. The summed E-state index contributed by atoms with van der Waals surface area (Å²) in [5, 5.41) is 0.662. The number of fused-ring (bicyclic) bond motifs is 1. The third-order valence-electron chi connectivity index (χ3n) is 4.57. The van der Waals surface area contributed by atoms with E-state index in [1.807, 2.05) is 18.5 Å². The number of benzene rings is 1. The van der Waals surface area contributed by atoms with Crippen LogP contribution in [0.25, 0.3) is 11.0 Å². The van der Waals surface area contributed by atoms with Crippen molar-refractivity contribution in [2.75, 3.05) is 6.61 Å². The van der Waals surface area contributed by atoms with Crippen LogP contribution in [0.3, 0.4) is 0 Å². The van der Waals surface area contributed by atoms with Crippen LogP contribution in [0.15, 0.2) is 22.9 Å². The molecule has 0 bridgehead atoms. The third-order valence-corrected chi connectivity index (χ3v) is 5.32. The summed E-state index contributed by atoms with van der Waals surface area (Å²) in [5.41, 5.74) is 1.85. The minimum atomic E-state index is -0.322.